The second kappa shape index (κ2) is 15.2. The van der Waals surface area contributed by atoms with Gasteiger partial charge < -0.3 is 30.2 Å². The first-order valence-electron chi connectivity index (χ1n) is 14.4. The molecule has 4 aromatic carbocycles. The van der Waals surface area contributed by atoms with Crippen molar-refractivity contribution < 1.29 is 28.6 Å². The molecule has 0 aliphatic heterocycles. The third kappa shape index (κ3) is 9.18. The number of benzene rings is 4. The van der Waals surface area contributed by atoms with E-state index in [1.165, 1.54) is 0 Å². The number of para-hydroxylation sites is 2. The number of hydrogen-bond donors (Lipinski definition) is 4. The average molecular weight is 643 g/mol. The lowest BCUT2D eigenvalue weighted by molar-refractivity contribution is 0.0635. The van der Waals surface area contributed by atoms with Crippen LogP contribution < -0.4 is 30.7 Å². The van der Waals surface area contributed by atoms with Gasteiger partial charge in [0, 0.05) is 16.1 Å². The van der Waals surface area contributed by atoms with E-state index < -0.39 is 23.8 Å². The first kappa shape index (κ1) is 33.7. The van der Waals surface area contributed by atoms with Crippen LogP contribution in [0.1, 0.15) is 48.3 Å². The van der Waals surface area contributed by atoms with Crippen molar-refractivity contribution in [1.82, 2.24) is 5.32 Å². The van der Waals surface area contributed by atoms with Crippen LogP contribution in [0.25, 0.3) is 0 Å². The Morgan fingerprint density at radius 1 is 0.717 bits per heavy atom. The van der Waals surface area contributed by atoms with Crippen molar-refractivity contribution in [3.8, 4) is 11.5 Å². The van der Waals surface area contributed by atoms with Crippen molar-refractivity contribution in [2.75, 3.05) is 36.4 Å². The summed E-state index contributed by atoms with van der Waals surface area (Å²) in [6.07, 6.45) is 1.36. The number of anilines is 3. The summed E-state index contributed by atoms with van der Waals surface area (Å²) in [6, 6.07) is 25.7. The largest absolute Gasteiger partial charge is 0.493 e. The summed E-state index contributed by atoms with van der Waals surface area (Å²) >= 11 is 1.62. The summed E-state index contributed by atoms with van der Waals surface area (Å²) in [5.41, 5.74) is 2.63. The lowest BCUT2D eigenvalue weighted by Crippen LogP contribution is -2.33. The number of nitrogens with one attached hydrogen (secondary N) is 4. The van der Waals surface area contributed by atoms with E-state index in [2.05, 4.69) is 21.3 Å². The molecule has 1 atom stereocenters. The fraction of sp³-hybridized carbons (Fsp3) is 0.229. The molecular weight excluding hydrogens is 604 g/mol. The predicted octanol–water partition coefficient (Wildman–Crippen LogP) is 7.94. The van der Waals surface area contributed by atoms with Gasteiger partial charge in [0.05, 0.1) is 31.6 Å². The third-order valence-electron chi connectivity index (χ3n) is 6.68. The van der Waals surface area contributed by atoms with Crippen LogP contribution in [-0.4, -0.2) is 44.1 Å². The van der Waals surface area contributed by atoms with E-state index in [0.29, 0.717) is 34.1 Å². The highest BCUT2D eigenvalue weighted by molar-refractivity contribution is 7.98. The zero-order chi connectivity index (χ0) is 33.3. The van der Waals surface area contributed by atoms with Gasteiger partial charge in [-0.3, -0.25) is 10.1 Å². The number of hydrogen-bond acceptors (Lipinski definition) is 7. The maximum Gasteiger partial charge on any atom is 0.412 e. The van der Waals surface area contributed by atoms with Crippen LogP contribution >= 0.6 is 11.8 Å². The molecule has 10 nitrogen and oxygen atoms in total. The minimum Gasteiger partial charge on any atom is -0.493 e. The van der Waals surface area contributed by atoms with Crippen LogP contribution in [-0.2, 0) is 4.74 Å². The highest BCUT2D eigenvalue weighted by Crippen LogP contribution is 2.33. The Hall–Kier alpha value is -5.16. The molecule has 46 heavy (non-hydrogen) atoms. The van der Waals surface area contributed by atoms with E-state index >= 15 is 0 Å². The zero-order valence-corrected chi connectivity index (χ0v) is 27.4. The van der Waals surface area contributed by atoms with E-state index in [1.807, 2.05) is 36.6 Å². The van der Waals surface area contributed by atoms with Crippen molar-refractivity contribution in [2.24, 2.45) is 0 Å². The van der Waals surface area contributed by atoms with Gasteiger partial charge >= 0.3 is 12.1 Å². The molecule has 0 aromatic heterocycles. The van der Waals surface area contributed by atoms with Gasteiger partial charge in [-0.2, -0.15) is 0 Å². The highest BCUT2D eigenvalue weighted by atomic mass is 32.2. The molecule has 4 N–H and O–H groups in total. The summed E-state index contributed by atoms with van der Waals surface area (Å²) in [6.45, 7) is 5.31. The normalized spacial score (nSPS) is 11.5. The first-order chi connectivity index (χ1) is 22.0. The molecule has 0 spiro atoms. The van der Waals surface area contributed by atoms with Gasteiger partial charge in [-0.25, -0.2) is 9.59 Å². The van der Waals surface area contributed by atoms with Crippen LogP contribution in [0.15, 0.2) is 95.9 Å². The number of amides is 4. The van der Waals surface area contributed by atoms with Crippen LogP contribution in [0.5, 0.6) is 11.5 Å². The van der Waals surface area contributed by atoms with E-state index in [1.54, 1.807) is 107 Å². The molecule has 0 heterocycles. The summed E-state index contributed by atoms with van der Waals surface area (Å²) in [5, 5.41) is 11.5. The summed E-state index contributed by atoms with van der Waals surface area (Å²) < 4.78 is 16.2. The molecule has 0 aliphatic rings. The van der Waals surface area contributed by atoms with Gasteiger partial charge in [-0.15, -0.1) is 11.8 Å². The van der Waals surface area contributed by atoms with Crippen LogP contribution in [0.3, 0.4) is 0 Å². The fourth-order valence-electron chi connectivity index (χ4n) is 4.50. The Morgan fingerprint density at radius 3 is 1.91 bits per heavy atom. The minimum atomic E-state index is -0.673. The van der Waals surface area contributed by atoms with Crippen molar-refractivity contribution >= 4 is 46.9 Å². The van der Waals surface area contributed by atoms with Crippen LogP contribution in [0, 0.1) is 0 Å². The topological polar surface area (TPSA) is 127 Å². The maximum atomic E-state index is 13.2. The van der Waals surface area contributed by atoms with Gasteiger partial charge in [0.1, 0.15) is 5.60 Å². The van der Waals surface area contributed by atoms with Crippen molar-refractivity contribution in [3.63, 3.8) is 0 Å². The second-order valence-electron chi connectivity index (χ2n) is 11.1. The van der Waals surface area contributed by atoms with Crippen LogP contribution in [0.2, 0.25) is 0 Å². The minimum absolute atomic E-state index is 0.375. The molecule has 11 heteroatoms. The molecule has 0 fully saturated rings. The Bertz CT molecular complexity index is 1670. The number of carbonyl (C=O) groups is 3. The molecular formula is C35H38N4O6S. The number of ether oxygens (including phenoxy) is 3. The summed E-state index contributed by atoms with van der Waals surface area (Å²) in [5.74, 6) is 0.679. The van der Waals surface area contributed by atoms with Crippen LogP contribution in [0.4, 0.5) is 26.7 Å². The standard InChI is InChI=1S/C35H38N4O6S/c1-35(2,3)45-34(42)38-28-10-8-7-9-27(28)37-32(40)23-13-11-22(12-14-23)31(24-15-20-29(43-4)30(21-24)44-5)39-33(41)36-25-16-18-26(46-6)19-17-25/h7-21,31H,1-6H3,(H,37,40)(H,38,42)(H2,36,39,41). The second-order valence-corrected chi connectivity index (χ2v) is 12.0. The van der Waals surface area contributed by atoms with E-state index in [4.69, 9.17) is 14.2 Å². The molecule has 0 saturated carbocycles. The SMILES string of the molecule is COc1ccc(C(NC(=O)Nc2ccc(SC)cc2)c2ccc(C(=O)Nc3ccccc3NC(=O)OC(C)(C)C)cc2)cc1OC. The van der Waals surface area contributed by atoms with Crippen molar-refractivity contribution in [3.05, 3.63) is 108 Å². The number of rotatable bonds is 10. The lowest BCUT2D eigenvalue weighted by atomic mass is 9.97. The van der Waals surface area contributed by atoms with Gasteiger partial charge in [0.15, 0.2) is 11.5 Å². The Morgan fingerprint density at radius 2 is 1.33 bits per heavy atom. The van der Waals surface area contributed by atoms with Gasteiger partial charge in [0.2, 0.25) is 0 Å². The van der Waals surface area contributed by atoms with Crippen molar-refractivity contribution in [1.29, 1.82) is 0 Å². The molecule has 4 rings (SSSR count). The van der Waals surface area contributed by atoms with Gasteiger partial charge in [-0.1, -0.05) is 30.3 Å². The maximum absolute atomic E-state index is 13.2. The molecule has 4 amide bonds. The Labute approximate surface area is 273 Å². The van der Waals surface area contributed by atoms with E-state index in [0.717, 1.165) is 16.0 Å². The molecule has 0 radical (unpaired) electrons. The van der Waals surface area contributed by atoms with Gasteiger partial charge in [0.25, 0.3) is 5.91 Å². The molecule has 0 aliphatic carbocycles. The predicted molar refractivity (Wildman–Crippen MR) is 182 cm³/mol. The Balaban J connectivity index is 1.55. The summed E-state index contributed by atoms with van der Waals surface area (Å²) in [7, 11) is 3.10. The zero-order valence-electron chi connectivity index (χ0n) is 26.6. The number of urea groups is 1. The number of carbonyl (C=O) groups excluding carboxylic acids is 3. The molecule has 0 saturated heterocycles. The third-order valence-corrected chi connectivity index (χ3v) is 7.42. The van der Waals surface area contributed by atoms with Crippen molar-refractivity contribution in [2.45, 2.75) is 37.3 Å². The molecule has 240 valence electrons. The number of methoxy groups -OCH3 is 2. The number of thioether (sulfide) groups is 1. The fourth-order valence-corrected chi connectivity index (χ4v) is 4.91. The van der Waals surface area contributed by atoms with E-state index in [9.17, 15) is 14.4 Å². The average Bonchev–Trinajstić information content (AvgIpc) is 3.03. The monoisotopic (exact) mass is 642 g/mol. The molecule has 0 bridgehead atoms. The first-order valence-corrected chi connectivity index (χ1v) is 15.7. The molecule has 4 aromatic rings. The Kier molecular flexibility index (Phi) is 11.2. The summed E-state index contributed by atoms with van der Waals surface area (Å²) in [4.78, 5) is 39.8. The quantitative estimate of drug-likeness (QED) is 0.129. The molecule has 1 unspecified atom stereocenters. The highest BCUT2D eigenvalue weighted by Gasteiger charge is 2.21. The van der Waals surface area contributed by atoms with Gasteiger partial charge in [-0.05, 0) is 98.8 Å². The van der Waals surface area contributed by atoms with E-state index in [-0.39, 0.29) is 5.91 Å². The smallest absolute Gasteiger partial charge is 0.412 e. The lowest BCUT2D eigenvalue weighted by Gasteiger charge is -2.22.